The van der Waals surface area contributed by atoms with Gasteiger partial charge in [0, 0.05) is 19.0 Å². The first kappa shape index (κ1) is 13.8. The molecular weight excluding hydrogens is 268 g/mol. The highest BCUT2D eigenvalue weighted by Gasteiger charge is 2.28. The zero-order valence-electron chi connectivity index (χ0n) is 10.8. The highest BCUT2D eigenvalue weighted by molar-refractivity contribution is 7.13. The van der Waals surface area contributed by atoms with Crippen molar-refractivity contribution in [2.45, 2.75) is 13.0 Å². The highest BCUT2D eigenvalue weighted by atomic mass is 32.1. The third-order valence-corrected chi connectivity index (χ3v) is 3.60. The molecule has 1 aromatic rings. The molecule has 1 saturated heterocycles. The number of nitrogens with zero attached hydrogens (tertiary/aromatic N) is 2. The number of amides is 3. The van der Waals surface area contributed by atoms with Crippen LogP contribution >= 0.6 is 11.3 Å². The molecule has 2 heterocycles. The Morgan fingerprint density at radius 3 is 3.00 bits per heavy atom. The van der Waals surface area contributed by atoms with Gasteiger partial charge in [-0.05, 0) is 6.92 Å². The fourth-order valence-corrected chi connectivity index (χ4v) is 2.41. The van der Waals surface area contributed by atoms with Crippen LogP contribution < -0.4 is 10.6 Å². The molecule has 1 aliphatic rings. The van der Waals surface area contributed by atoms with Gasteiger partial charge >= 0.3 is 6.03 Å². The highest BCUT2D eigenvalue weighted by Crippen LogP contribution is 2.15. The van der Waals surface area contributed by atoms with Crippen LogP contribution in [0.1, 0.15) is 5.69 Å². The van der Waals surface area contributed by atoms with E-state index in [0.717, 1.165) is 5.69 Å². The number of likely N-dealkylation sites (N-methyl/N-ethyl adjacent to an activating group) is 1. The first-order valence-corrected chi connectivity index (χ1v) is 6.79. The number of thiazole rings is 1. The molecule has 104 valence electrons. The Morgan fingerprint density at radius 1 is 1.58 bits per heavy atom. The van der Waals surface area contributed by atoms with Gasteiger partial charge in [0.05, 0.1) is 18.8 Å². The predicted octanol–water partition coefficient (Wildman–Crippen LogP) is 0.430. The molecule has 3 amide bonds. The summed E-state index contributed by atoms with van der Waals surface area (Å²) >= 11 is 1.37. The van der Waals surface area contributed by atoms with Gasteiger partial charge in [0.15, 0.2) is 11.2 Å². The van der Waals surface area contributed by atoms with Crippen molar-refractivity contribution in [3.05, 3.63) is 11.1 Å². The number of hydrogen-bond donors (Lipinski definition) is 2. The largest absolute Gasteiger partial charge is 0.365 e. The monoisotopic (exact) mass is 284 g/mol. The van der Waals surface area contributed by atoms with E-state index in [1.54, 1.807) is 11.9 Å². The van der Waals surface area contributed by atoms with Gasteiger partial charge < -0.3 is 15.0 Å². The smallest absolute Gasteiger partial charge is 0.323 e. The van der Waals surface area contributed by atoms with Gasteiger partial charge in [0.25, 0.3) is 5.91 Å². The minimum Gasteiger partial charge on any atom is -0.365 e. The van der Waals surface area contributed by atoms with Crippen LogP contribution in [0.3, 0.4) is 0 Å². The number of nitrogens with one attached hydrogen (secondary N) is 2. The first-order valence-electron chi connectivity index (χ1n) is 5.91. The Hall–Kier alpha value is -1.67. The van der Waals surface area contributed by atoms with Crippen molar-refractivity contribution in [2.75, 3.05) is 32.1 Å². The Bertz CT molecular complexity index is 476. The summed E-state index contributed by atoms with van der Waals surface area (Å²) in [4.78, 5) is 29.2. The third kappa shape index (κ3) is 3.42. The van der Waals surface area contributed by atoms with E-state index in [1.165, 1.54) is 11.3 Å². The second kappa shape index (κ2) is 5.98. The minimum atomic E-state index is -0.609. The van der Waals surface area contributed by atoms with E-state index in [1.807, 2.05) is 12.3 Å². The lowest BCUT2D eigenvalue weighted by Gasteiger charge is -2.31. The summed E-state index contributed by atoms with van der Waals surface area (Å²) in [5.41, 5.74) is 0.866. The van der Waals surface area contributed by atoms with Crippen LogP contribution in [0.4, 0.5) is 9.93 Å². The van der Waals surface area contributed by atoms with Crippen LogP contribution in [0.2, 0.25) is 0 Å². The predicted molar refractivity (Wildman–Crippen MR) is 71.2 cm³/mol. The maximum Gasteiger partial charge on any atom is 0.323 e. The maximum absolute atomic E-state index is 12.0. The lowest BCUT2D eigenvalue weighted by atomic mass is 10.2. The summed E-state index contributed by atoms with van der Waals surface area (Å²) in [6, 6.07) is -0.258. The molecule has 0 bridgehead atoms. The van der Waals surface area contributed by atoms with Gasteiger partial charge in [-0.1, -0.05) is 0 Å². The van der Waals surface area contributed by atoms with E-state index in [4.69, 9.17) is 4.74 Å². The van der Waals surface area contributed by atoms with Crippen molar-refractivity contribution in [3.8, 4) is 0 Å². The molecular formula is C11H16N4O3S. The fourth-order valence-electron chi connectivity index (χ4n) is 1.74. The molecule has 2 N–H and O–H groups in total. The second-order valence-electron chi connectivity index (χ2n) is 4.14. The minimum absolute atomic E-state index is 0.220. The summed E-state index contributed by atoms with van der Waals surface area (Å²) < 4.78 is 5.32. The quantitative estimate of drug-likeness (QED) is 0.825. The Balaban J connectivity index is 1.93. The second-order valence-corrected chi connectivity index (χ2v) is 5.00. The molecule has 1 aliphatic heterocycles. The van der Waals surface area contributed by atoms with Gasteiger partial charge in [-0.15, -0.1) is 11.3 Å². The van der Waals surface area contributed by atoms with Crippen molar-refractivity contribution >= 4 is 28.4 Å². The van der Waals surface area contributed by atoms with Gasteiger partial charge in [-0.3, -0.25) is 10.1 Å². The van der Waals surface area contributed by atoms with Crippen molar-refractivity contribution in [1.29, 1.82) is 0 Å². The molecule has 0 saturated carbocycles. The molecule has 7 nitrogen and oxygen atoms in total. The molecule has 0 radical (unpaired) electrons. The lowest BCUT2D eigenvalue weighted by molar-refractivity contribution is -0.136. The summed E-state index contributed by atoms with van der Waals surface area (Å²) in [6.45, 7) is 2.92. The van der Waals surface area contributed by atoms with E-state index >= 15 is 0 Å². The van der Waals surface area contributed by atoms with Gasteiger partial charge in [0.2, 0.25) is 0 Å². The van der Waals surface area contributed by atoms with E-state index in [-0.39, 0.29) is 18.5 Å². The summed E-state index contributed by atoms with van der Waals surface area (Å²) in [5.74, 6) is -0.220. The molecule has 1 aromatic heterocycles. The van der Waals surface area contributed by atoms with Gasteiger partial charge in [-0.2, -0.15) is 0 Å². The number of anilines is 1. The molecule has 8 heteroatoms. The SMILES string of the molecule is CNC(=O)[C@@H]1CN(C(=O)Nc2nc(C)cs2)CCO1. The van der Waals surface area contributed by atoms with Crippen molar-refractivity contribution in [3.63, 3.8) is 0 Å². The standard InChI is InChI=1S/C11H16N4O3S/c1-7-6-19-10(13-7)14-11(17)15-3-4-18-8(5-15)9(16)12-2/h6,8H,3-5H2,1-2H3,(H,12,16)(H,13,14,17)/t8-/m0/s1. The Kier molecular flexibility index (Phi) is 4.33. The number of urea groups is 1. The number of ether oxygens (including phenoxy) is 1. The topological polar surface area (TPSA) is 83.6 Å². The third-order valence-electron chi connectivity index (χ3n) is 2.73. The molecule has 0 spiro atoms. The van der Waals surface area contributed by atoms with Crippen LogP contribution in [0.25, 0.3) is 0 Å². The molecule has 1 fully saturated rings. The van der Waals surface area contributed by atoms with Crippen LogP contribution in [0, 0.1) is 6.92 Å². The Morgan fingerprint density at radius 2 is 2.37 bits per heavy atom. The summed E-state index contributed by atoms with van der Waals surface area (Å²) in [5, 5.41) is 7.66. The van der Waals surface area contributed by atoms with Crippen molar-refractivity contribution < 1.29 is 14.3 Å². The normalized spacial score (nSPS) is 19.1. The average molecular weight is 284 g/mol. The van der Waals surface area contributed by atoms with E-state index in [9.17, 15) is 9.59 Å². The average Bonchev–Trinajstić information content (AvgIpc) is 2.83. The summed E-state index contributed by atoms with van der Waals surface area (Å²) in [6.07, 6.45) is -0.609. The van der Waals surface area contributed by atoms with E-state index in [2.05, 4.69) is 15.6 Å². The number of aryl methyl sites for hydroxylation is 1. The van der Waals surface area contributed by atoms with Crippen LogP contribution in [-0.4, -0.2) is 54.7 Å². The van der Waals surface area contributed by atoms with Crippen molar-refractivity contribution in [2.24, 2.45) is 0 Å². The molecule has 1 atom stereocenters. The zero-order chi connectivity index (χ0) is 13.8. The first-order chi connectivity index (χ1) is 9.10. The summed E-state index contributed by atoms with van der Waals surface area (Å²) in [7, 11) is 1.54. The van der Waals surface area contributed by atoms with Gasteiger partial charge in [-0.25, -0.2) is 9.78 Å². The molecule has 19 heavy (non-hydrogen) atoms. The zero-order valence-corrected chi connectivity index (χ0v) is 11.6. The number of aromatic nitrogens is 1. The number of hydrogen-bond acceptors (Lipinski definition) is 5. The van der Waals surface area contributed by atoms with Crippen LogP contribution in [0.15, 0.2) is 5.38 Å². The molecule has 2 rings (SSSR count). The van der Waals surface area contributed by atoms with Crippen molar-refractivity contribution in [1.82, 2.24) is 15.2 Å². The van der Waals surface area contributed by atoms with E-state index in [0.29, 0.717) is 18.3 Å². The van der Waals surface area contributed by atoms with E-state index < -0.39 is 6.10 Å². The number of rotatable bonds is 2. The lowest BCUT2D eigenvalue weighted by Crippen LogP contribution is -2.52. The number of morpholine rings is 1. The molecule has 0 aliphatic carbocycles. The molecule has 0 aromatic carbocycles. The van der Waals surface area contributed by atoms with Crippen LogP contribution in [0.5, 0.6) is 0 Å². The van der Waals surface area contributed by atoms with Crippen LogP contribution in [-0.2, 0) is 9.53 Å². The fraction of sp³-hybridized carbons (Fsp3) is 0.545. The number of carbonyl (C=O) groups excluding carboxylic acids is 2. The van der Waals surface area contributed by atoms with Gasteiger partial charge in [0.1, 0.15) is 0 Å². The molecule has 0 unspecified atom stereocenters. The Labute approximate surface area is 115 Å². The maximum atomic E-state index is 12.0. The number of carbonyl (C=O) groups is 2.